The molecule has 0 spiro atoms. The number of anilines is 1. The van der Waals surface area contributed by atoms with Gasteiger partial charge in [-0.15, -0.1) is 6.42 Å². The summed E-state index contributed by atoms with van der Waals surface area (Å²) in [6.45, 7) is 1.53. The summed E-state index contributed by atoms with van der Waals surface area (Å²) in [6, 6.07) is 5.58. The maximum absolute atomic E-state index is 9.37. The summed E-state index contributed by atoms with van der Waals surface area (Å²) >= 11 is 5.93. The number of aliphatic hydroxyl groups excluding tert-OH is 1. The molecule has 0 heterocycles. The molecule has 1 fully saturated rings. The Kier molecular flexibility index (Phi) is 3.93. The fraction of sp³-hybridized carbons (Fsp3) is 0.429. The second-order valence-corrected chi connectivity index (χ2v) is 4.90. The first kappa shape index (κ1) is 12.3. The lowest BCUT2D eigenvalue weighted by Crippen LogP contribution is -2.27. The zero-order valence-electron chi connectivity index (χ0n) is 9.69. The van der Waals surface area contributed by atoms with Gasteiger partial charge in [-0.25, -0.2) is 0 Å². The number of hydrogen-bond donors (Lipinski definition) is 1. The van der Waals surface area contributed by atoms with E-state index in [4.69, 9.17) is 18.0 Å². The maximum atomic E-state index is 9.37. The van der Waals surface area contributed by atoms with Gasteiger partial charge < -0.3 is 10.0 Å². The van der Waals surface area contributed by atoms with Gasteiger partial charge in [0.05, 0.1) is 13.2 Å². The van der Waals surface area contributed by atoms with Gasteiger partial charge in [0.15, 0.2) is 0 Å². The van der Waals surface area contributed by atoms with Gasteiger partial charge in [-0.1, -0.05) is 17.5 Å². The molecule has 3 heteroatoms. The third-order valence-corrected chi connectivity index (χ3v) is 3.25. The lowest BCUT2D eigenvalue weighted by atomic mass is 10.1. The number of aliphatic hydroxyl groups is 1. The lowest BCUT2D eigenvalue weighted by Gasteiger charge is -2.24. The fourth-order valence-electron chi connectivity index (χ4n) is 1.96. The van der Waals surface area contributed by atoms with Gasteiger partial charge in [0.2, 0.25) is 0 Å². The molecule has 0 unspecified atom stereocenters. The molecule has 0 radical (unpaired) electrons. The van der Waals surface area contributed by atoms with E-state index in [1.165, 1.54) is 12.8 Å². The van der Waals surface area contributed by atoms with E-state index in [1.54, 1.807) is 6.07 Å². The zero-order chi connectivity index (χ0) is 12.3. The first-order valence-electron chi connectivity index (χ1n) is 5.82. The summed E-state index contributed by atoms with van der Waals surface area (Å²) in [5.74, 6) is 3.43. The Hall–Kier alpha value is -1.17. The van der Waals surface area contributed by atoms with E-state index in [1.807, 2.05) is 12.1 Å². The number of hydrogen-bond acceptors (Lipinski definition) is 2. The molecule has 0 aromatic heterocycles. The molecule has 1 aliphatic rings. The van der Waals surface area contributed by atoms with Crippen LogP contribution in [0.15, 0.2) is 18.2 Å². The summed E-state index contributed by atoms with van der Waals surface area (Å²) in [4.78, 5) is 2.15. The predicted molar refractivity (Wildman–Crippen MR) is 71.1 cm³/mol. The molecule has 1 N–H and O–H groups in total. The predicted octanol–water partition coefficient (Wildman–Crippen LogP) is 2.68. The van der Waals surface area contributed by atoms with Gasteiger partial charge in [0.25, 0.3) is 0 Å². The second-order valence-electron chi connectivity index (χ2n) is 4.46. The minimum absolute atomic E-state index is 0.0123. The van der Waals surface area contributed by atoms with Gasteiger partial charge in [0, 0.05) is 22.8 Å². The van der Waals surface area contributed by atoms with E-state index in [0.29, 0.717) is 11.6 Å². The van der Waals surface area contributed by atoms with Crippen molar-refractivity contribution in [3.05, 3.63) is 28.8 Å². The van der Waals surface area contributed by atoms with Crippen LogP contribution in [-0.2, 0) is 6.61 Å². The number of rotatable bonds is 5. The average Bonchev–Trinajstić information content (AvgIpc) is 3.12. The second kappa shape index (κ2) is 5.44. The highest BCUT2D eigenvalue weighted by Gasteiger charge is 2.25. The Morgan fingerprint density at radius 3 is 2.82 bits per heavy atom. The highest BCUT2D eigenvalue weighted by Crippen LogP contribution is 2.33. The Balaban J connectivity index is 2.23. The molecular formula is C14H16ClNO. The van der Waals surface area contributed by atoms with E-state index >= 15 is 0 Å². The van der Waals surface area contributed by atoms with Gasteiger partial charge in [0.1, 0.15) is 0 Å². The van der Waals surface area contributed by atoms with Crippen LogP contribution in [0.3, 0.4) is 0 Å². The zero-order valence-corrected chi connectivity index (χ0v) is 10.5. The molecule has 0 saturated heterocycles. The van der Waals surface area contributed by atoms with Crippen LogP contribution in [0.2, 0.25) is 5.02 Å². The van der Waals surface area contributed by atoms with Crippen LogP contribution in [0.4, 0.5) is 5.69 Å². The molecule has 0 atom stereocenters. The molecule has 2 nitrogen and oxygen atoms in total. The van der Waals surface area contributed by atoms with Crippen molar-refractivity contribution in [2.75, 3.05) is 18.0 Å². The molecule has 17 heavy (non-hydrogen) atoms. The number of nitrogens with zero attached hydrogens (tertiary/aromatic N) is 1. The fourth-order valence-corrected chi connectivity index (χ4v) is 2.15. The highest BCUT2D eigenvalue weighted by atomic mass is 35.5. The van der Waals surface area contributed by atoms with Crippen LogP contribution in [0, 0.1) is 18.3 Å². The Morgan fingerprint density at radius 1 is 1.47 bits per heavy atom. The molecule has 0 amide bonds. The third-order valence-electron chi connectivity index (χ3n) is 3.01. The van der Waals surface area contributed by atoms with Crippen molar-refractivity contribution in [2.24, 2.45) is 5.92 Å². The molecular weight excluding hydrogens is 234 g/mol. The van der Waals surface area contributed by atoms with Crippen molar-refractivity contribution in [1.82, 2.24) is 0 Å². The first-order chi connectivity index (χ1) is 8.24. The van der Waals surface area contributed by atoms with Crippen LogP contribution in [0.1, 0.15) is 18.4 Å². The first-order valence-corrected chi connectivity index (χ1v) is 6.20. The van der Waals surface area contributed by atoms with Crippen molar-refractivity contribution in [3.63, 3.8) is 0 Å². The summed E-state index contributed by atoms with van der Waals surface area (Å²) in [6.07, 6.45) is 7.97. The van der Waals surface area contributed by atoms with Crippen molar-refractivity contribution < 1.29 is 5.11 Å². The molecule has 90 valence electrons. The van der Waals surface area contributed by atoms with Crippen LogP contribution in [0.5, 0.6) is 0 Å². The van der Waals surface area contributed by atoms with Gasteiger partial charge in [-0.05, 0) is 37.0 Å². The molecule has 0 bridgehead atoms. The minimum Gasteiger partial charge on any atom is -0.392 e. The van der Waals surface area contributed by atoms with E-state index in [0.717, 1.165) is 23.7 Å². The smallest absolute Gasteiger partial charge is 0.0791 e. The Labute approximate surface area is 107 Å². The molecule has 1 aliphatic carbocycles. The Bertz CT molecular complexity index is 434. The molecule has 0 aliphatic heterocycles. The van der Waals surface area contributed by atoms with E-state index < -0.39 is 0 Å². The minimum atomic E-state index is -0.0123. The maximum Gasteiger partial charge on any atom is 0.0791 e. The molecule has 1 aromatic rings. The third kappa shape index (κ3) is 3.15. The number of halogens is 1. The van der Waals surface area contributed by atoms with Crippen LogP contribution in [0.25, 0.3) is 0 Å². The largest absolute Gasteiger partial charge is 0.392 e. The highest BCUT2D eigenvalue weighted by molar-refractivity contribution is 6.30. The summed E-state index contributed by atoms with van der Waals surface area (Å²) in [7, 11) is 0. The topological polar surface area (TPSA) is 23.5 Å². The normalized spacial score (nSPS) is 14.4. The van der Waals surface area contributed by atoms with Gasteiger partial charge >= 0.3 is 0 Å². The van der Waals surface area contributed by atoms with Crippen molar-refractivity contribution in [1.29, 1.82) is 0 Å². The number of terminal acetylenes is 1. The average molecular weight is 250 g/mol. The van der Waals surface area contributed by atoms with E-state index in [9.17, 15) is 5.11 Å². The molecule has 1 saturated carbocycles. The van der Waals surface area contributed by atoms with Crippen LogP contribution < -0.4 is 4.90 Å². The molecule has 2 rings (SSSR count). The van der Waals surface area contributed by atoms with Gasteiger partial charge in [-0.3, -0.25) is 0 Å². The lowest BCUT2D eigenvalue weighted by molar-refractivity contribution is 0.282. The standard InChI is InChI=1S/C14H16ClNO/c1-2-7-16(9-11-3-4-11)14-6-5-13(15)8-12(14)10-17/h1,5-6,8,11,17H,3-4,7,9-10H2. The number of benzene rings is 1. The Morgan fingerprint density at radius 2 is 2.24 bits per heavy atom. The van der Waals surface area contributed by atoms with Crippen LogP contribution >= 0.6 is 11.6 Å². The van der Waals surface area contributed by atoms with E-state index in [2.05, 4.69) is 10.8 Å². The van der Waals surface area contributed by atoms with Crippen LogP contribution in [-0.4, -0.2) is 18.2 Å². The van der Waals surface area contributed by atoms with Crippen molar-refractivity contribution >= 4 is 17.3 Å². The monoisotopic (exact) mass is 249 g/mol. The summed E-state index contributed by atoms with van der Waals surface area (Å²) in [5.41, 5.74) is 1.84. The SMILES string of the molecule is C#CCN(CC1CC1)c1ccc(Cl)cc1CO. The van der Waals surface area contributed by atoms with Crippen molar-refractivity contribution in [3.8, 4) is 12.3 Å². The quantitative estimate of drug-likeness (QED) is 0.811. The summed E-state index contributed by atoms with van der Waals surface area (Å²) in [5, 5.41) is 10.0. The van der Waals surface area contributed by atoms with Gasteiger partial charge in [-0.2, -0.15) is 0 Å². The molecule has 1 aromatic carbocycles. The van der Waals surface area contributed by atoms with Crippen molar-refractivity contribution in [2.45, 2.75) is 19.4 Å². The van der Waals surface area contributed by atoms with E-state index in [-0.39, 0.29) is 6.61 Å². The summed E-state index contributed by atoms with van der Waals surface area (Å²) < 4.78 is 0.